The standard InChI is InChI=1S/C13H16ClNO3/c1-8(7-16)15(2)13(17)12-6-9-5-10(14)3-4-11(9)18-12/h3-5,8,12,16H,6-7H2,1-2H3. The number of likely N-dealkylation sites (N-methyl/N-ethyl adjacent to an activating group) is 1. The normalized spacial score (nSPS) is 19.0. The van der Waals surface area contributed by atoms with Gasteiger partial charge in [-0.05, 0) is 30.7 Å². The zero-order valence-electron chi connectivity index (χ0n) is 10.4. The topological polar surface area (TPSA) is 49.8 Å². The maximum Gasteiger partial charge on any atom is 0.264 e. The molecule has 0 saturated carbocycles. The molecule has 0 aliphatic carbocycles. The van der Waals surface area contributed by atoms with E-state index in [0.717, 1.165) is 5.56 Å². The van der Waals surface area contributed by atoms with E-state index in [4.69, 9.17) is 21.4 Å². The minimum Gasteiger partial charge on any atom is -0.480 e. The first-order valence-electron chi connectivity index (χ1n) is 5.85. The van der Waals surface area contributed by atoms with Gasteiger partial charge in [-0.2, -0.15) is 0 Å². The quantitative estimate of drug-likeness (QED) is 0.904. The number of aliphatic hydroxyl groups is 1. The van der Waals surface area contributed by atoms with Crippen LogP contribution in [0.25, 0.3) is 0 Å². The first-order valence-corrected chi connectivity index (χ1v) is 6.23. The molecule has 0 bridgehead atoms. The summed E-state index contributed by atoms with van der Waals surface area (Å²) in [5.41, 5.74) is 0.950. The van der Waals surface area contributed by atoms with Gasteiger partial charge in [0.15, 0.2) is 6.10 Å². The van der Waals surface area contributed by atoms with Crippen LogP contribution in [0.2, 0.25) is 5.02 Å². The lowest BCUT2D eigenvalue weighted by Crippen LogP contribution is -2.44. The van der Waals surface area contributed by atoms with E-state index in [0.29, 0.717) is 17.2 Å². The van der Waals surface area contributed by atoms with Crippen LogP contribution in [0.15, 0.2) is 18.2 Å². The predicted octanol–water partition coefficient (Wildman–Crippen LogP) is 1.48. The summed E-state index contributed by atoms with van der Waals surface area (Å²) in [5, 5.41) is 9.70. The third-order valence-electron chi connectivity index (χ3n) is 3.25. The molecule has 1 aromatic rings. The Labute approximate surface area is 111 Å². The number of nitrogens with zero attached hydrogens (tertiary/aromatic N) is 1. The highest BCUT2D eigenvalue weighted by Crippen LogP contribution is 2.31. The summed E-state index contributed by atoms with van der Waals surface area (Å²) in [6.45, 7) is 1.73. The largest absolute Gasteiger partial charge is 0.480 e. The maximum atomic E-state index is 12.2. The number of hydrogen-bond acceptors (Lipinski definition) is 3. The van der Waals surface area contributed by atoms with Gasteiger partial charge in [-0.1, -0.05) is 11.6 Å². The molecule has 1 heterocycles. The molecule has 18 heavy (non-hydrogen) atoms. The van der Waals surface area contributed by atoms with Crippen molar-refractivity contribution in [2.45, 2.75) is 25.5 Å². The third-order valence-corrected chi connectivity index (χ3v) is 3.48. The number of amides is 1. The lowest BCUT2D eigenvalue weighted by atomic mass is 10.1. The van der Waals surface area contributed by atoms with Crippen molar-refractivity contribution in [1.82, 2.24) is 4.90 Å². The van der Waals surface area contributed by atoms with Crippen LogP contribution in [0.4, 0.5) is 0 Å². The maximum absolute atomic E-state index is 12.2. The molecule has 98 valence electrons. The minimum absolute atomic E-state index is 0.0618. The van der Waals surface area contributed by atoms with E-state index in [1.807, 2.05) is 6.07 Å². The van der Waals surface area contributed by atoms with Crippen LogP contribution < -0.4 is 4.74 Å². The average Bonchev–Trinajstić information content (AvgIpc) is 2.78. The van der Waals surface area contributed by atoms with Crippen molar-refractivity contribution in [3.8, 4) is 5.75 Å². The summed E-state index contributed by atoms with van der Waals surface area (Å²) in [7, 11) is 1.67. The van der Waals surface area contributed by atoms with Gasteiger partial charge in [0.25, 0.3) is 5.91 Å². The molecule has 0 fully saturated rings. The van der Waals surface area contributed by atoms with Crippen molar-refractivity contribution >= 4 is 17.5 Å². The van der Waals surface area contributed by atoms with Gasteiger partial charge >= 0.3 is 0 Å². The minimum atomic E-state index is -0.516. The fraction of sp³-hybridized carbons (Fsp3) is 0.462. The Morgan fingerprint density at radius 2 is 2.39 bits per heavy atom. The molecule has 1 amide bonds. The van der Waals surface area contributed by atoms with Gasteiger partial charge in [0.05, 0.1) is 12.6 Å². The number of carbonyl (C=O) groups is 1. The Hall–Kier alpha value is -1.26. The van der Waals surface area contributed by atoms with Crippen molar-refractivity contribution in [3.63, 3.8) is 0 Å². The highest BCUT2D eigenvalue weighted by Gasteiger charge is 2.32. The highest BCUT2D eigenvalue weighted by molar-refractivity contribution is 6.30. The second-order valence-corrected chi connectivity index (χ2v) is 4.98. The van der Waals surface area contributed by atoms with Crippen molar-refractivity contribution < 1.29 is 14.6 Å². The van der Waals surface area contributed by atoms with E-state index in [1.165, 1.54) is 4.90 Å². The summed E-state index contributed by atoms with van der Waals surface area (Å²) in [5.74, 6) is 0.590. The molecule has 2 unspecified atom stereocenters. The van der Waals surface area contributed by atoms with Crippen LogP contribution in [0.5, 0.6) is 5.75 Å². The number of carbonyl (C=O) groups excluding carboxylic acids is 1. The molecule has 1 aliphatic heterocycles. The lowest BCUT2D eigenvalue weighted by Gasteiger charge is -2.25. The molecular formula is C13H16ClNO3. The molecule has 4 nitrogen and oxygen atoms in total. The first-order chi connectivity index (χ1) is 8.52. The number of halogens is 1. The lowest BCUT2D eigenvalue weighted by molar-refractivity contribution is -0.139. The van der Waals surface area contributed by atoms with Gasteiger partial charge in [0, 0.05) is 18.5 Å². The average molecular weight is 270 g/mol. The van der Waals surface area contributed by atoms with Crippen LogP contribution in [0.1, 0.15) is 12.5 Å². The molecule has 0 spiro atoms. The van der Waals surface area contributed by atoms with Crippen molar-refractivity contribution in [2.75, 3.05) is 13.7 Å². The molecule has 1 aromatic carbocycles. The predicted molar refractivity (Wildman–Crippen MR) is 68.9 cm³/mol. The van der Waals surface area contributed by atoms with Crippen molar-refractivity contribution in [1.29, 1.82) is 0 Å². The second-order valence-electron chi connectivity index (χ2n) is 4.54. The van der Waals surface area contributed by atoms with Crippen LogP contribution in [0, 0.1) is 0 Å². The number of benzene rings is 1. The van der Waals surface area contributed by atoms with E-state index < -0.39 is 6.10 Å². The SMILES string of the molecule is CC(CO)N(C)C(=O)C1Cc2cc(Cl)ccc2O1. The van der Waals surface area contributed by atoms with Crippen LogP contribution in [0.3, 0.4) is 0 Å². The Balaban J connectivity index is 2.09. The number of ether oxygens (including phenoxy) is 1. The van der Waals surface area contributed by atoms with E-state index in [9.17, 15) is 4.79 Å². The fourth-order valence-electron chi connectivity index (χ4n) is 1.92. The fourth-order valence-corrected chi connectivity index (χ4v) is 2.12. The van der Waals surface area contributed by atoms with Gasteiger partial charge in [0.2, 0.25) is 0 Å². The van der Waals surface area contributed by atoms with E-state index >= 15 is 0 Å². The van der Waals surface area contributed by atoms with Gasteiger partial charge in [-0.15, -0.1) is 0 Å². The number of rotatable bonds is 3. The molecule has 0 aromatic heterocycles. The summed E-state index contributed by atoms with van der Waals surface area (Å²) in [6, 6.07) is 5.13. The smallest absolute Gasteiger partial charge is 0.264 e. The van der Waals surface area contributed by atoms with E-state index in [2.05, 4.69) is 0 Å². The molecule has 2 rings (SSSR count). The van der Waals surface area contributed by atoms with Crippen molar-refractivity contribution in [2.24, 2.45) is 0 Å². The van der Waals surface area contributed by atoms with Gasteiger partial charge < -0.3 is 14.7 Å². The Morgan fingerprint density at radius 1 is 1.67 bits per heavy atom. The number of fused-ring (bicyclic) bond motifs is 1. The summed E-state index contributed by atoms with van der Waals surface area (Å²) in [4.78, 5) is 13.7. The Morgan fingerprint density at radius 3 is 3.06 bits per heavy atom. The molecule has 1 N–H and O–H groups in total. The monoisotopic (exact) mass is 269 g/mol. The van der Waals surface area contributed by atoms with Gasteiger partial charge in [-0.25, -0.2) is 0 Å². The second kappa shape index (κ2) is 5.16. The van der Waals surface area contributed by atoms with Crippen LogP contribution in [-0.4, -0.2) is 41.7 Å². The van der Waals surface area contributed by atoms with Crippen LogP contribution >= 0.6 is 11.6 Å². The first kappa shape index (κ1) is 13.2. The number of aliphatic hydroxyl groups excluding tert-OH is 1. The molecule has 1 aliphatic rings. The summed E-state index contributed by atoms with van der Waals surface area (Å²) in [6.07, 6.45) is 0.00878. The number of hydrogen-bond donors (Lipinski definition) is 1. The zero-order chi connectivity index (χ0) is 13.3. The van der Waals surface area contributed by atoms with Crippen molar-refractivity contribution in [3.05, 3.63) is 28.8 Å². The molecule has 0 radical (unpaired) electrons. The Kier molecular flexibility index (Phi) is 3.78. The highest BCUT2D eigenvalue weighted by atomic mass is 35.5. The Bertz CT molecular complexity index is 464. The summed E-state index contributed by atoms with van der Waals surface area (Å²) < 4.78 is 5.61. The van der Waals surface area contributed by atoms with E-state index in [-0.39, 0.29) is 18.6 Å². The third kappa shape index (κ3) is 2.44. The molecule has 0 saturated heterocycles. The molecular weight excluding hydrogens is 254 g/mol. The van der Waals surface area contributed by atoms with Gasteiger partial charge in [-0.3, -0.25) is 4.79 Å². The summed E-state index contributed by atoms with van der Waals surface area (Å²) >= 11 is 5.90. The van der Waals surface area contributed by atoms with E-state index in [1.54, 1.807) is 26.1 Å². The zero-order valence-corrected chi connectivity index (χ0v) is 11.1. The van der Waals surface area contributed by atoms with Crippen LogP contribution in [-0.2, 0) is 11.2 Å². The molecule has 5 heteroatoms. The molecule has 2 atom stereocenters. The van der Waals surface area contributed by atoms with Gasteiger partial charge in [0.1, 0.15) is 5.75 Å².